The van der Waals surface area contributed by atoms with Gasteiger partial charge in [-0.2, -0.15) is 0 Å². The van der Waals surface area contributed by atoms with Gasteiger partial charge in [0.2, 0.25) is 0 Å². The third-order valence-electron chi connectivity index (χ3n) is 5.09. The van der Waals surface area contributed by atoms with E-state index in [0.29, 0.717) is 12.5 Å². The molecule has 4 rings (SSSR count). The summed E-state index contributed by atoms with van der Waals surface area (Å²) in [6.45, 7) is 0. The Morgan fingerprint density at radius 3 is 2.52 bits per heavy atom. The Kier molecular flexibility index (Phi) is 6.10. The summed E-state index contributed by atoms with van der Waals surface area (Å²) in [5, 5.41) is 14.9. The van der Waals surface area contributed by atoms with Crippen molar-refractivity contribution < 1.29 is 14.6 Å². The van der Waals surface area contributed by atoms with Crippen LogP contribution in [0.5, 0.6) is 5.75 Å². The number of hydrogen-bond donors (Lipinski definition) is 2. The van der Waals surface area contributed by atoms with Crippen molar-refractivity contribution >= 4 is 28.1 Å². The monoisotopic (exact) mass is 408 g/mol. The number of benzene rings is 2. The average Bonchev–Trinajstić information content (AvgIpc) is 3.40. The van der Waals surface area contributed by atoms with Crippen LogP contribution in [-0.2, 0) is 11.2 Å². The number of aliphatic carboxylic acids is 1. The van der Waals surface area contributed by atoms with Gasteiger partial charge in [-0.3, -0.25) is 4.79 Å². The highest BCUT2D eigenvalue weighted by atomic mass is 32.1. The highest BCUT2D eigenvalue weighted by molar-refractivity contribution is 7.14. The van der Waals surface area contributed by atoms with Crippen molar-refractivity contribution in [3.8, 4) is 17.0 Å². The standard InChI is InChI=1S/C23H24N2O3S/c26-22(27)14-7-16-5-10-18(11-6-16)24-23-25-21(15-29-23)17-8-12-20(13-9-17)28-19-3-1-2-4-19/h5-6,8-13,15,19H,1-4,7,14H2,(H,24,25)(H,26,27). The second-order valence-electron chi connectivity index (χ2n) is 7.30. The Morgan fingerprint density at radius 1 is 1.10 bits per heavy atom. The van der Waals surface area contributed by atoms with E-state index in [-0.39, 0.29) is 6.42 Å². The van der Waals surface area contributed by atoms with Crippen LogP contribution < -0.4 is 10.1 Å². The van der Waals surface area contributed by atoms with Crippen molar-refractivity contribution in [3.05, 3.63) is 59.5 Å². The minimum Gasteiger partial charge on any atom is -0.490 e. The number of anilines is 2. The maximum atomic E-state index is 10.7. The van der Waals surface area contributed by atoms with Crippen molar-refractivity contribution in [1.82, 2.24) is 4.98 Å². The van der Waals surface area contributed by atoms with Gasteiger partial charge in [0.05, 0.1) is 11.8 Å². The highest BCUT2D eigenvalue weighted by Crippen LogP contribution is 2.30. The quantitative estimate of drug-likeness (QED) is 0.486. The lowest BCUT2D eigenvalue weighted by Crippen LogP contribution is -2.10. The molecule has 0 spiro atoms. The maximum absolute atomic E-state index is 10.7. The predicted octanol–water partition coefficient (Wildman–Crippen LogP) is 5.89. The number of thiazole rings is 1. The molecule has 1 saturated carbocycles. The zero-order valence-electron chi connectivity index (χ0n) is 16.1. The lowest BCUT2D eigenvalue weighted by molar-refractivity contribution is -0.136. The van der Waals surface area contributed by atoms with Crippen LogP contribution in [0.1, 0.15) is 37.7 Å². The molecule has 0 unspecified atom stereocenters. The second-order valence-corrected chi connectivity index (χ2v) is 8.16. The summed E-state index contributed by atoms with van der Waals surface area (Å²) in [5.41, 5.74) is 3.95. The predicted molar refractivity (Wildman–Crippen MR) is 116 cm³/mol. The Bertz CT molecular complexity index is 945. The summed E-state index contributed by atoms with van der Waals surface area (Å²) >= 11 is 1.56. The Morgan fingerprint density at radius 2 is 1.83 bits per heavy atom. The molecule has 6 heteroatoms. The van der Waals surface area contributed by atoms with E-state index in [2.05, 4.69) is 22.4 Å². The molecule has 1 aliphatic carbocycles. The molecule has 3 aromatic rings. The molecule has 0 aliphatic heterocycles. The van der Waals surface area contributed by atoms with Crippen molar-refractivity contribution in [2.75, 3.05) is 5.32 Å². The van der Waals surface area contributed by atoms with Crippen LogP contribution in [-0.4, -0.2) is 22.2 Å². The molecule has 0 atom stereocenters. The van der Waals surface area contributed by atoms with Gasteiger partial charge in [-0.05, 0) is 74.1 Å². The van der Waals surface area contributed by atoms with Crippen LogP contribution in [0.25, 0.3) is 11.3 Å². The largest absolute Gasteiger partial charge is 0.490 e. The number of hydrogen-bond acceptors (Lipinski definition) is 5. The molecular formula is C23H24N2O3S. The molecule has 1 aromatic heterocycles. The smallest absolute Gasteiger partial charge is 0.303 e. The summed E-state index contributed by atoms with van der Waals surface area (Å²) in [7, 11) is 0. The lowest BCUT2D eigenvalue weighted by atomic mass is 10.1. The van der Waals surface area contributed by atoms with E-state index in [0.717, 1.165) is 46.2 Å². The molecule has 0 saturated heterocycles. The van der Waals surface area contributed by atoms with Gasteiger partial charge in [0.15, 0.2) is 5.13 Å². The van der Waals surface area contributed by atoms with Crippen LogP contribution in [0, 0.1) is 0 Å². The number of ether oxygens (including phenoxy) is 1. The molecule has 0 bridgehead atoms. The molecule has 0 amide bonds. The van der Waals surface area contributed by atoms with Gasteiger partial charge >= 0.3 is 5.97 Å². The number of aryl methyl sites for hydroxylation is 1. The Hall–Kier alpha value is -2.86. The summed E-state index contributed by atoms with van der Waals surface area (Å²) < 4.78 is 6.03. The number of rotatable bonds is 8. The molecule has 0 radical (unpaired) electrons. The molecular weight excluding hydrogens is 384 g/mol. The van der Waals surface area contributed by atoms with Crippen LogP contribution in [0.15, 0.2) is 53.9 Å². The number of nitrogens with zero attached hydrogens (tertiary/aromatic N) is 1. The van der Waals surface area contributed by atoms with Gasteiger partial charge in [0, 0.05) is 23.1 Å². The highest BCUT2D eigenvalue weighted by Gasteiger charge is 2.16. The van der Waals surface area contributed by atoms with E-state index in [9.17, 15) is 4.79 Å². The van der Waals surface area contributed by atoms with Crippen molar-refractivity contribution in [2.24, 2.45) is 0 Å². The summed E-state index contributed by atoms with van der Waals surface area (Å²) in [6, 6.07) is 16.0. The first-order valence-electron chi connectivity index (χ1n) is 9.96. The van der Waals surface area contributed by atoms with Crippen LogP contribution >= 0.6 is 11.3 Å². The number of carbonyl (C=O) groups is 1. The van der Waals surface area contributed by atoms with Gasteiger partial charge in [0.1, 0.15) is 5.75 Å². The van der Waals surface area contributed by atoms with E-state index in [1.54, 1.807) is 11.3 Å². The zero-order valence-corrected chi connectivity index (χ0v) is 17.0. The molecule has 29 heavy (non-hydrogen) atoms. The van der Waals surface area contributed by atoms with Gasteiger partial charge < -0.3 is 15.2 Å². The van der Waals surface area contributed by atoms with E-state index in [1.807, 2.05) is 41.8 Å². The van der Waals surface area contributed by atoms with E-state index in [4.69, 9.17) is 9.84 Å². The number of carboxylic acids is 1. The third kappa shape index (κ3) is 5.35. The van der Waals surface area contributed by atoms with Crippen molar-refractivity contribution in [3.63, 3.8) is 0 Å². The average molecular weight is 409 g/mol. The second kappa shape index (κ2) is 9.09. The first-order valence-corrected chi connectivity index (χ1v) is 10.8. The molecule has 2 N–H and O–H groups in total. The van der Waals surface area contributed by atoms with Gasteiger partial charge in [0.25, 0.3) is 0 Å². The molecule has 150 valence electrons. The summed E-state index contributed by atoms with van der Waals surface area (Å²) in [5.74, 6) is 0.151. The fourth-order valence-electron chi connectivity index (χ4n) is 3.50. The minimum atomic E-state index is -0.777. The fraction of sp³-hybridized carbons (Fsp3) is 0.304. The van der Waals surface area contributed by atoms with Gasteiger partial charge in [-0.15, -0.1) is 11.3 Å². The maximum Gasteiger partial charge on any atom is 0.303 e. The van der Waals surface area contributed by atoms with Crippen molar-refractivity contribution in [2.45, 2.75) is 44.6 Å². The van der Waals surface area contributed by atoms with Crippen LogP contribution in [0.3, 0.4) is 0 Å². The summed E-state index contributed by atoms with van der Waals surface area (Å²) in [6.07, 6.45) is 5.90. The van der Waals surface area contributed by atoms with E-state index in [1.165, 1.54) is 12.8 Å². The molecule has 1 aliphatic rings. The Balaban J connectivity index is 1.36. The first-order chi connectivity index (χ1) is 14.2. The number of nitrogens with one attached hydrogen (secondary N) is 1. The summed E-state index contributed by atoms with van der Waals surface area (Å²) in [4.78, 5) is 15.3. The number of aromatic nitrogens is 1. The number of carboxylic acid groups (broad SMARTS) is 1. The van der Waals surface area contributed by atoms with Gasteiger partial charge in [-0.1, -0.05) is 12.1 Å². The minimum absolute atomic E-state index is 0.146. The van der Waals surface area contributed by atoms with Crippen LogP contribution in [0.4, 0.5) is 10.8 Å². The fourth-order valence-corrected chi connectivity index (χ4v) is 4.24. The van der Waals surface area contributed by atoms with Crippen LogP contribution in [0.2, 0.25) is 0 Å². The third-order valence-corrected chi connectivity index (χ3v) is 5.85. The molecule has 1 heterocycles. The zero-order chi connectivity index (χ0) is 20.1. The normalized spacial score (nSPS) is 14.1. The Labute approximate surface area is 174 Å². The van der Waals surface area contributed by atoms with E-state index >= 15 is 0 Å². The SMILES string of the molecule is O=C(O)CCc1ccc(Nc2nc(-c3ccc(OC4CCCC4)cc3)cs2)cc1. The topological polar surface area (TPSA) is 71.5 Å². The molecule has 5 nitrogen and oxygen atoms in total. The van der Waals surface area contributed by atoms with Gasteiger partial charge in [-0.25, -0.2) is 4.98 Å². The molecule has 2 aromatic carbocycles. The van der Waals surface area contributed by atoms with E-state index < -0.39 is 5.97 Å². The van der Waals surface area contributed by atoms with Crippen molar-refractivity contribution in [1.29, 1.82) is 0 Å². The first kappa shape index (κ1) is 19.5. The molecule has 1 fully saturated rings. The lowest BCUT2D eigenvalue weighted by Gasteiger charge is -2.12.